The van der Waals surface area contributed by atoms with Crippen molar-refractivity contribution < 1.29 is 24.2 Å². The molecular weight excluding hydrogens is 552 g/mol. The Labute approximate surface area is 227 Å². The van der Waals surface area contributed by atoms with Gasteiger partial charge in [0.15, 0.2) is 5.60 Å². The normalized spacial score (nSPS) is 29.0. The van der Waals surface area contributed by atoms with E-state index in [2.05, 4.69) is 53.4 Å². The third-order valence-corrected chi connectivity index (χ3v) is 13.7. The summed E-state index contributed by atoms with van der Waals surface area (Å²) in [5, 5.41) is 14.1. The van der Waals surface area contributed by atoms with Gasteiger partial charge in [0.25, 0.3) is 5.91 Å². The molecule has 0 radical (unpaired) electrons. The number of methoxy groups -OCH3 is 1. The predicted octanol–water partition coefficient (Wildman–Crippen LogP) is 4.00. The molecule has 2 aromatic carbocycles. The number of halogens is 1. The Morgan fingerprint density at radius 1 is 1.27 bits per heavy atom. The fourth-order valence-electron chi connectivity index (χ4n) is 6.95. The van der Waals surface area contributed by atoms with Crippen molar-refractivity contribution in [3.05, 3.63) is 52.5 Å². The van der Waals surface area contributed by atoms with Gasteiger partial charge in [-0.05, 0) is 48.7 Å². The van der Waals surface area contributed by atoms with Gasteiger partial charge >= 0.3 is 0 Å². The van der Waals surface area contributed by atoms with Crippen molar-refractivity contribution in [3.63, 3.8) is 0 Å². The number of likely N-dealkylation sites (tertiary alicyclic amines) is 1. The quantitative estimate of drug-likeness (QED) is 0.499. The number of carbonyl (C=O) groups is 2. The van der Waals surface area contributed by atoms with E-state index in [9.17, 15) is 14.7 Å². The van der Waals surface area contributed by atoms with Crippen LogP contribution in [0, 0.1) is 5.92 Å². The van der Waals surface area contributed by atoms with Crippen molar-refractivity contribution in [1.29, 1.82) is 0 Å². The number of carbonyl (C=O) groups excluding carboxylic acids is 2. The Balaban J connectivity index is 1.57. The number of aliphatic hydroxyl groups excluding tert-OH is 1. The Morgan fingerprint density at radius 2 is 2.00 bits per heavy atom. The monoisotopic (exact) mass is 586 g/mol. The standard InChI is InChI=1S/C28H35BrN2O5Si/c1-17-26(37(3,4)21-10-8-20(35-2)9-11-21)24(15-25(33)31-13-5-6-19(31)16-32)36-28(17)22-14-18(29)7-12-23(22)30-27(28)34/h7-12,14,17,19,24,26,32H,5-6,13,15-16H2,1-4H3,(H,30,34)/t17-,19-,24+,26-,28+/m0/s1. The number of aliphatic hydroxyl groups is 1. The molecule has 9 heteroatoms. The van der Waals surface area contributed by atoms with Gasteiger partial charge < -0.3 is 24.8 Å². The van der Waals surface area contributed by atoms with Crippen LogP contribution in [0.2, 0.25) is 18.6 Å². The lowest BCUT2D eigenvalue weighted by Crippen LogP contribution is -2.52. The number of nitrogens with one attached hydrogen (secondary N) is 1. The van der Waals surface area contributed by atoms with Gasteiger partial charge in [0.2, 0.25) is 5.91 Å². The van der Waals surface area contributed by atoms with Crippen LogP contribution >= 0.6 is 15.9 Å². The summed E-state index contributed by atoms with van der Waals surface area (Å²) in [4.78, 5) is 29.1. The number of nitrogens with zero attached hydrogens (tertiary/aromatic N) is 1. The lowest BCUT2D eigenvalue weighted by Gasteiger charge is -2.37. The van der Waals surface area contributed by atoms with Crippen LogP contribution in [0.4, 0.5) is 5.69 Å². The molecule has 3 heterocycles. The van der Waals surface area contributed by atoms with Crippen LogP contribution in [0.15, 0.2) is 46.9 Å². The Bertz CT molecular complexity index is 1210. The molecule has 5 rings (SSSR count). The third kappa shape index (κ3) is 4.24. The maximum atomic E-state index is 13.7. The zero-order valence-electron chi connectivity index (χ0n) is 21.8. The van der Waals surface area contributed by atoms with Crippen molar-refractivity contribution in [3.8, 4) is 5.75 Å². The minimum absolute atomic E-state index is 0.00398. The Hall–Kier alpha value is -2.20. The molecule has 0 aliphatic carbocycles. The lowest BCUT2D eigenvalue weighted by molar-refractivity contribution is -0.148. The van der Waals surface area contributed by atoms with Gasteiger partial charge in [-0.15, -0.1) is 0 Å². The zero-order chi connectivity index (χ0) is 26.5. The van der Waals surface area contributed by atoms with E-state index >= 15 is 0 Å². The molecule has 2 N–H and O–H groups in total. The van der Waals surface area contributed by atoms with Crippen LogP contribution in [0.5, 0.6) is 5.75 Å². The molecule has 37 heavy (non-hydrogen) atoms. The summed E-state index contributed by atoms with van der Waals surface area (Å²) in [7, 11) is -0.635. The number of benzene rings is 2. The van der Waals surface area contributed by atoms with Crippen molar-refractivity contribution >= 4 is 46.7 Å². The van der Waals surface area contributed by atoms with E-state index < -0.39 is 19.8 Å². The topological polar surface area (TPSA) is 88.1 Å². The summed E-state index contributed by atoms with van der Waals surface area (Å²) in [5.41, 5.74) is 0.422. The number of hydrogen-bond acceptors (Lipinski definition) is 5. The maximum absolute atomic E-state index is 13.7. The molecule has 2 fully saturated rings. The molecule has 7 nitrogen and oxygen atoms in total. The minimum Gasteiger partial charge on any atom is -0.497 e. The molecule has 0 aromatic heterocycles. The summed E-state index contributed by atoms with van der Waals surface area (Å²) < 4.78 is 13.1. The molecule has 2 saturated heterocycles. The van der Waals surface area contributed by atoms with E-state index in [4.69, 9.17) is 9.47 Å². The van der Waals surface area contributed by atoms with Gasteiger partial charge in [0.05, 0.1) is 40.4 Å². The van der Waals surface area contributed by atoms with Crippen LogP contribution in [0.3, 0.4) is 0 Å². The van der Waals surface area contributed by atoms with Crippen LogP contribution in [0.1, 0.15) is 31.7 Å². The summed E-state index contributed by atoms with van der Waals surface area (Å²) in [6.07, 6.45) is 1.47. The van der Waals surface area contributed by atoms with E-state index in [1.807, 2.05) is 30.3 Å². The van der Waals surface area contributed by atoms with E-state index in [0.29, 0.717) is 6.54 Å². The first kappa shape index (κ1) is 26.4. The van der Waals surface area contributed by atoms with Gasteiger partial charge in [0, 0.05) is 28.2 Å². The van der Waals surface area contributed by atoms with Gasteiger partial charge in [-0.2, -0.15) is 0 Å². The lowest BCUT2D eigenvalue weighted by atomic mass is 9.82. The molecule has 198 valence electrons. The van der Waals surface area contributed by atoms with Crippen molar-refractivity contribution in [2.75, 3.05) is 25.6 Å². The number of hydrogen-bond donors (Lipinski definition) is 2. The van der Waals surface area contributed by atoms with Crippen LogP contribution in [-0.2, 0) is 19.9 Å². The van der Waals surface area contributed by atoms with E-state index in [1.54, 1.807) is 12.0 Å². The Kier molecular flexibility index (Phi) is 7.02. The third-order valence-electron chi connectivity index (χ3n) is 8.84. The summed E-state index contributed by atoms with van der Waals surface area (Å²) in [5.74, 6) is 0.465. The summed E-state index contributed by atoms with van der Waals surface area (Å²) in [6.45, 7) is 7.33. The zero-order valence-corrected chi connectivity index (χ0v) is 24.4. The molecule has 3 aliphatic heterocycles. The van der Waals surface area contributed by atoms with Crippen molar-refractivity contribution in [1.82, 2.24) is 4.90 Å². The van der Waals surface area contributed by atoms with Gasteiger partial charge in [0.1, 0.15) is 5.75 Å². The smallest absolute Gasteiger partial charge is 0.261 e. The van der Waals surface area contributed by atoms with Crippen LogP contribution < -0.4 is 15.2 Å². The molecular formula is C28H35BrN2O5Si. The first-order chi connectivity index (χ1) is 17.6. The Morgan fingerprint density at radius 3 is 2.68 bits per heavy atom. The highest BCUT2D eigenvalue weighted by Crippen LogP contribution is 2.58. The van der Waals surface area contributed by atoms with Gasteiger partial charge in [-0.3, -0.25) is 9.59 Å². The molecule has 0 bridgehead atoms. The molecule has 1 spiro atoms. The fourth-order valence-corrected chi connectivity index (χ4v) is 11.3. The number of amides is 2. The van der Waals surface area contributed by atoms with Crippen molar-refractivity contribution in [2.45, 2.75) is 62.6 Å². The van der Waals surface area contributed by atoms with Crippen LogP contribution in [-0.4, -0.2) is 62.3 Å². The second-order valence-corrected chi connectivity index (χ2v) is 16.7. The molecule has 2 aromatic rings. The highest BCUT2D eigenvalue weighted by atomic mass is 79.9. The first-order valence-corrected chi connectivity index (χ1v) is 16.8. The molecule has 5 atom stereocenters. The predicted molar refractivity (Wildman–Crippen MR) is 149 cm³/mol. The number of fused-ring (bicyclic) bond motifs is 2. The van der Waals surface area contributed by atoms with Gasteiger partial charge in [-0.25, -0.2) is 0 Å². The van der Waals surface area contributed by atoms with Gasteiger partial charge in [-0.1, -0.05) is 53.3 Å². The van der Waals surface area contributed by atoms with Crippen LogP contribution in [0.25, 0.3) is 0 Å². The molecule has 0 saturated carbocycles. The summed E-state index contributed by atoms with van der Waals surface area (Å²) >= 11 is 3.57. The minimum atomic E-state index is -2.29. The second kappa shape index (κ2) is 9.84. The molecule has 3 aliphatic rings. The SMILES string of the molecule is COc1ccc([Si](C)(C)[C@@H]2[C@@H](CC(=O)N3CCC[C@H]3CO)O[C@]3(C(=O)Nc4ccc(Br)cc43)[C@H]2C)cc1. The average molecular weight is 588 g/mol. The highest BCUT2D eigenvalue weighted by Gasteiger charge is 2.65. The number of ether oxygens (including phenoxy) is 2. The fraction of sp³-hybridized carbons (Fsp3) is 0.500. The molecule has 2 amide bonds. The van der Waals surface area contributed by atoms with E-state index in [1.165, 1.54) is 5.19 Å². The number of rotatable bonds is 6. The second-order valence-electron chi connectivity index (χ2n) is 11.1. The average Bonchev–Trinajstić information content (AvgIpc) is 3.55. The molecule has 0 unspecified atom stereocenters. The first-order valence-electron chi connectivity index (χ1n) is 13.0. The highest BCUT2D eigenvalue weighted by molar-refractivity contribution is 9.10. The number of anilines is 1. The largest absolute Gasteiger partial charge is 0.497 e. The summed E-state index contributed by atoms with van der Waals surface area (Å²) in [6, 6.07) is 13.8. The van der Waals surface area contributed by atoms with Crippen molar-refractivity contribution in [2.24, 2.45) is 5.92 Å². The van der Waals surface area contributed by atoms with E-state index in [-0.39, 0.29) is 42.3 Å². The maximum Gasteiger partial charge on any atom is 0.261 e. The van der Waals surface area contributed by atoms with E-state index in [0.717, 1.165) is 34.3 Å².